The van der Waals surface area contributed by atoms with E-state index in [4.69, 9.17) is 5.11 Å². The number of piperazine rings is 1. The third kappa shape index (κ3) is 4.88. The summed E-state index contributed by atoms with van der Waals surface area (Å²) in [5.41, 5.74) is 0.582. The lowest BCUT2D eigenvalue weighted by atomic mass is 10.1. The molecular weight excluding hydrogens is 425 g/mol. The SMILES string of the molecule is O=C(O)N1CCN(c2cc(-c3cccc(Nc4cc(C(F)(F)F)ccn4)n3)ccn2)CC1. The minimum Gasteiger partial charge on any atom is -0.465 e. The first-order valence-electron chi connectivity index (χ1n) is 9.76. The molecule has 0 atom stereocenters. The highest BCUT2D eigenvalue weighted by molar-refractivity contribution is 5.67. The quantitative estimate of drug-likeness (QED) is 0.626. The zero-order chi connectivity index (χ0) is 22.7. The third-order valence-electron chi connectivity index (χ3n) is 5.01. The van der Waals surface area contributed by atoms with Gasteiger partial charge in [0.05, 0.1) is 11.3 Å². The lowest BCUT2D eigenvalue weighted by molar-refractivity contribution is -0.137. The van der Waals surface area contributed by atoms with Crippen molar-refractivity contribution in [2.45, 2.75) is 6.18 Å². The summed E-state index contributed by atoms with van der Waals surface area (Å²) in [5.74, 6) is 1.09. The second kappa shape index (κ2) is 8.69. The maximum atomic E-state index is 12.9. The number of hydrogen-bond donors (Lipinski definition) is 2. The van der Waals surface area contributed by atoms with Crippen LogP contribution in [0.25, 0.3) is 11.3 Å². The van der Waals surface area contributed by atoms with Gasteiger partial charge < -0.3 is 20.2 Å². The van der Waals surface area contributed by atoms with Gasteiger partial charge in [0.1, 0.15) is 17.5 Å². The van der Waals surface area contributed by atoms with Gasteiger partial charge in [-0.1, -0.05) is 6.07 Å². The zero-order valence-electron chi connectivity index (χ0n) is 16.8. The summed E-state index contributed by atoms with van der Waals surface area (Å²) in [6.07, 6.45) is -2.66. The van der Waals surface area contributed by atoms with Crippen molar-refractivity contribution >= 4 is 23.5 Å². The molecule has 0 radical (unpaired) electrons. The van der Waals surface area contributed by atoms with Gasteiger partial charge in [0.2, 0.25) is 0 Å². The maximum Gasteiger partial charge on any atom is 0.416 e. The Labute approximate surface area is 181 Å². The van der Waals surface area contributed by atoms with Crippen molar-refractivity contribution in [3.8, 4) is 11.3 Å². The first kappa shape index (κ1) is 21.3. The third-order valence-corrected chi connectivity index (χ3v) is 5.01. The van der Waals surface area contributed by atoms with Crippen molar-refractivity contribution in [3.05, 3.63) is 60.4 Å². The Morgan fingerprint density at radius 3 is 2.44 bits per heavy atom. The topological polar surface area (TPSA) is 94.5 Å². The van der Waals surface area contributed by atoms with Crippen molar-refractivity contribution in [3.63, 3.8) is 0 Å². The Kier molecular flexibility index (Phi) is 5.80. The molecule has 0 aliphatic carbocycles. The van der Waals surface area contributed by atoms with Gasteiger partial charge in [-0.2, -0.15) is 13.2 Å². The number of carbonyl (C=O) groups is 1. The number of hydrogen-bond acceptors (Lipinski definition) is 6. The molecule has 0 aromatic carbocycles. The molecule has 1 aliphatic rings. The molecule has 1 aliphatic heterocycles. The Morgan fingerprint density at radius 1 is 0.969 bits per heavy atom. The van der Waals surface area contributed by atoms with Crippen LogP contribution in [0.2, 0.25) is 0 Å². The van der Waals surface area contributed by atoms with E-state index in [0.29, 0.717) is 43.5 Å². The normalized spacial score (nSPS) is 14.3. The molecular formula is C21H19F3N6O2. The molecule has 0 saturated carbocycles. The van der Waals surface area contributed by atoms with E-state index in [1.165, 1.54) is 4.90 Å². The number of alkyl halides is 3. The summed E-state index contributed by atoms with van der Waals surface area (Å²) in [4.78, 5) is 27.2. The van der Waals surface area contributed by atoms with Crippen LogP contribution in [0.15, 0.2) is 54.9 Å². The average molecular weight is 444 g/mol. The monoisotopic (exact) mass is 444 g/mol. The molecule has 11 heteroatoms. The zero-order valence-corrected chi connectivity index (χ0v) is 16.8. The molecule has 4 rings (SSSR count). The summed E-state index contributed by atoms with van der Waals surface area (Å²) in [6.45, 7) is 1.84. The number of pyridine rings is 3. The lowest BCUT2D eigenvalue weighted by Gasteiger charge is -2.33. The van der Waals surface area contributed by atoms with E-state index < -0.39 is 17.8 Å². The van der Waals surface area contributed by atoms with Crippen LogP contribution in [0.1, 0.15) is 5.56 Å². The largest absolute Gasteiger partial charge is 0.465 e. The van der Waals surface area contributed by atoms with E-state index in [9.17, 15) is 18.0 Å². The van der Waals surface area contributed by atoms with Crippen LogP contribution in [-0.2, 0) is 6.18 Å². The highest BCUT2D eigenvalue weighted by Gasteiger charge is 2.30. The van der Waals surface area contributed by atoms with Crippen LogP contribution in [0.3, 0.4) is 0 Å². The van der Waals surface area contributed by atoms with Gasteiger partial charge in [-0.3, -0.25) is 0 Å². The molecule has 1 amide bonds. The van der Waals surface area contributed by atoms with Gasteiger partial charge in [-0.25, -0.2) is 19.7 Å². The van der Waals surface area contributed by atoms with Crippen molar-refractivity contribution in [1.82, 2.24) is 19.9 Å². The molecule has 0 unspecified atom stereocenters. The molecule has 32 heavy (non-hydrogen) atoms. The Bertz CT molecular complexity index is 1120. The fourth-order valence-electron chi connectivity index (χ4n) is 3.35. The van der Waals surface area contributed by atoms with Crippen LogP contribution in [0.4, 0.5) is 35.4 Å². The van der Waals surface area contributed by atoms with Gasteiger partial charge in [0.25, 0.3) is 0 Å². The number of nitrogens with one attached hydrogen (secondary N) is 1. The Balaban J connectivity index is 1.52. The van der Waals surface area contributed by atoms with Gasteiger partial charge >= 0.3 is 12.3 Å². The van der Waals surface area contributed by atoms with Gasteiger partial charge in [-0.15, -0.1) is 0 Å². The lowest BCUT2D eigenvalue weighted by Crippen LogP contribution is -2.48. The molecule has 1 saturated heterocycles. The molecule has 0 spiro atoms. The maximum absolute atomic E-state index is 12.9. The highest BCUT2D eigenvalue weighted by Crippen LogP contribution is 2.30. The van der Waals surface area contributed by atoms with E-state index in [2.05, 4.69) is 20.3 Å². The molecule has 1 fully saturated rings. The van der Waals surface area contributed by atoms with Crippen molar-refractivity contribution < 1.29 is 23.1 Å². The summed E-state index contributed by atoms with van der Waals surface area (Å²) in [6, 6.07) is 10.6. The van der Waals surface area contributed by atoms with Gasteiger partial charge in [-0.05, 0) is 36.4 Å². The Morgan fingerprint density at radius 2 is 1.72 bits per heavy atom. The van der Waals surface area contributed by atoms with Crippen molar-refractivity contribution in [2.75, 3.05) is 36.4 Å². The van der Waals surface area contributed by atoms with Crippen molar-refractivity contribution in [2.24, 2.45) is 0 Å². The molecule has 0 bridgehead atoms. The first-order chi connectivity index (χ1) is 15.3. The number of amides is 1. The minimum atomic E-state index is -4.46. The van der Waals surface area contributed by atoms with Gasteiger partial charge in [0, 0.05) is 44.1 Å². The number of aromatic nitrogens is 3. The predicted octanol–water partition coefficient (Wildman–Crippen LogP) is 4.10. The van der Waals surface area contributed by atoms with Crippen LogP contribution < -0.4 is 10.2 Å². The molecule has 8 nitrogen and oxygen atoms in total. The fraction of sp³-hybridized carbons (Fsp3) is 0.238. The molecule has 166 valence electrons. The number of anilines is 3. The molecule has 2 N–H and O–H groups in total. The van der Waals surface area contributed by atoms with E-state index in [-0.39, 0.29) is 5.82 Å². The number of halogens is 3. The number of carboxylic acid groups (broad SMARTS) is 1. The van der Waals surface area contributed by atoms with Crippen LogP contribution in [0.5, 0.6) is 0 Å². The Hall–Kier alpha value is -3.89. The van der Waals surface area contributed by atoms with E-state index >= 15 is 0 Å². The van der Waals surface area contributed by atoms with Crippen LogP contribution in [0, 0.1) is 0 Å². The van der Waals surface area contributed by atoms with Crippen molar-refractivity contribution in [1.29, 1.82) is 0 Å². The van der Waals surface area contributed by atoms with E-state index in [0.717, 1.165) is 23.9 Å². The minimum absolute atomic E-state index is 0.0381. The first-order valence-corrected chi connectivity index (χ1v) is 9.76. The second-order valence-corrected chi connectivity index (χ2v) is 7.12. The smallest absolute Gasteiger partial charge is 0.416 e. The van der Waals surface area contributed by atoms with E-state index in [1.807, 2.05) is 11.0 Å². The summed E-state index contributed by atoms with van der Waals surface area (Å²) in [7, 11) is 0. The summed E-state index contributed by atoms with van der Waals surface area (Å²) >= 11 is 0. The van der Waals surface area contributed by atoms with E-state index in [1.54, 1.807) is 30.5 Å². The standard InChI is InChI=1S/C21H19F3N6O2/c22-21(23,24)15-5-7-25-18(13-15)28-17-3-1-2-16(27-17)14-4-6-26-19(12-14)29-8-10-30(11-9-29)20(31)32/h1-7,12-13H,8-11H2,(H,31,32)(H,25,27,28). The summed E-state index contributed by atoms with van der Waals surface area (Å²) < 4.78 is 38.8. The number of nitrogens with zero attached hydrogens (tertiary/aromatic N) is 5. The van der Waals surface area contributed by atoms with Gasteiger partial charge in [0.15, 0.2) is 0 Å². The van der Waals surface area contributed by atoms with Crippen LogP contribution >= 0.6 is 0 Å². The predicted molar refractivity (Wildman–Crippen MR) is 112 cm³/mol. The molecule has 3 aromatic heterocycles. The second-order valence-electron chi connectivity index (χ2n) is 7.12. The molecule has 4 heterocycles. The highest BCUT2D eigenvalue weighted by atomic mass is 19.4. The fourth-order valence-corrected chi connectivity index (χ4v) is 3.35. The summed E-state index contributed by atoms with van der Waals surface area (Å²) in [5, 5.41) is 11.9. The molecule has 3 aromatic rings. The number of rotatable bonds is 4. The average Bonchev–Trinajstić information content (AvgIpc) is 2.79. The van der Waals surface area contributed by atoms with Crippen LogP contribution in [-0.4, -0.2) is 57.2 Å².